The standard InChI is InChI=1S/C12H14ClIN2O/c1-2-17-6-5-16-11-4-3-9(14)7-10(11)15-12(16)8-13/h3-4,7H,2,5-6,8H2,1H3. The normalized spacial score (nSPS) is 11.2. The van der Waals surface area contributed by atoms with Gasteiger partial charge in [-0.3, -0.25) is 0 Å². The molecule has 1 heterocycles. The third kappa shape index (κ3) is 2.92. The summed E-state index contributed by atoms with van der Waals surface area (Å²) in [6, 6.07) is 6.25. The highest BCUT2D eigenvalue weighted by molar-refractivity contribution is 14.1. The van der Waals surface area contributed by atoms with E-state index < -0.39 is 0 Å². The zero-order valence-electron chi connectivity index (χ0n) is 9.62. The molecule has 0 unspecified atom stereocenters. The molecule has 0 aliphatic carbocycles. The first-order valence-corrected chi connectivity index (χ1v) is 7.16. The second kappa shape index (κ2) is 6.02. The van der Waals surface area contributed by atoms with E-state index in [1.54, 1.807) is 0 Å². The molecule has 0 saturated heterocycles. The van der Waals surface area contributed by atoms with Crippen LogP contribution < -0.4 is 0 Å². The fraction of sp³-hybridized carbons (Fsp3) is 0.417. The quantitative estimate of drug-likeness (QED) is 0.462. The number of benzene rings is 1. The maximum Gasteiger partial charge on any atom is 0.124 e. The highest BCUT2D eigenvalue weighted by atomic mass is 127. The van der Waals surface area contributed by atoms with E-state index in [2.05, 4.69) is 50.3 Å². The Labute approximate surface area is 119 Å². The van der Waals surface area contributed by atoms with Crippen LogP contribution in [-0.2, 0) is 17.2 Å². The molecule has 0 saturated carbocycles. The minimum atomic E-state index is 0.428. The van der Waals surface area contributed by atoms with Gasteiger partial charge in [0.2, 0.25) is 0 Å². The van der Waals surface area contributed by atoms with Crippen molar-refractivity contribution in [1.29, 1.82) is 0 Å². The van der Waals surface area contributed by atoms with E-state index in [0.29, 0.717) is 12.5 Å². The summed E-state index contributed by atoms with van der Waals surface area (Å²) >= 11 is 8.22. The van der Waals surface area contributed by atoms with Crippen molar-refractivity contribution in [2.24, 2.45) is 0 Å². The number of rotatable bonds is 5. The molecule has 0 N–H and O–H groups in total. The van der Waals surface area contributed by atoms with E-state index in [0.717, 1.165) is 30.0 Å². The van der Waals surface area contributed by atoms with Crippen molar-refractivity contribution >= 4 is 45.2 Å². The SMILES string of the molecule is CCOCCn1c(CCl)nc2cc(I)ccc21. The van der Waals surface area contributed by atoms with Gasteiger partial charge < -0.3 is 9.30 Å². The summed E-state index contributed by atoms with van der Waals surface area (Å²) in [5.74, 6) is 1.33. The number of hydrogen-bond donors (Lipinski definition) is 0. The predicted octanol–water partition coefficient (Wildman–Crippen LogP) is 3.42. The van der Waals surface area contributed by atoms with Crippen LogP contribution in [0.25, 0.3) is 11.0 Å². The van der Waals surface area contributed by atoms with Crippen molar-refractivity contribution in [2.75, 3.05) is 13.2 Å². The minimum absolute atomic E-state index is 0.428. The molecule has 0 spiro atoms. The Morgan fingerprint density at radius 2 is 2.29 bits per heavy atom. The van der Waals surface area contributed by atoms with Gasteiger partial charge in [-0.2, -0.15) is 0 Å². The molecule has 17 heavy (non-hydrogen) atoms. The Morgan fingerprint density at radius 1 is 1.47 bits per heavy atom. The number of alkyl halides is 1. The van der Waals surface area contributed by atoms with E-state index >= 15 is 0 Å². The fourth-order valence-corrected chi connectivity index (χ4v) is 2.48. The van der Waals surface area contributed by atoms with Gasteiger partial charge in [-0.25, -0.2) is 4.98 Å². The topological polar surface area (TPSA) is 27.1 Å². The second-order valence-corrected chi connectivity index (χ2v) is 5.16. The maximum absolute atomic E-state index is 5.93. The largest absolute Gasteiger partial charge is 0.380 e. The Bertz CT molecular complexity index is 512. The van der Waals surface area contributed by atoms with E-state index in [1.807, 2.05) is 6.92 Å². The molecule has 0 amide bonds. The molecule has 5 heteroatoms. The Morgan fingerprint density at radius 3 is 3.00 bits per heavy atom. The summed E-state index contributed by atoms with van der Waals surface area (Å²) in [5.41, 5.74) is 2.13. The first-order valence-electron chi connectivity index (χ1n) is 5.54. The molecular formula is C12H14ClIN2O. The zero-order chi connectivity index (χ0) is 12.3. The number of aromatic nitrogens is 2. The monoisotopic (exact) mass is 364 g/mol. The molecule has 0 fully saturated rings. The predicted molar refractivity (Wildman–Crippen MR) is 78.5 cm³/mol. The van der Waals surface area contributed by atoms with Crippen LogP contribution in [0.2, 0.25) is 0 Å². The molecule has 1 aromatic heterocycles. The van der Waals surface area contributed by atoms with Gasteiger partial charge in [-0.05, 0) is 47.7 Å². The van der Waals surface area contributed by atoms with Crippen molar-refractivity contribution in [2.45, 2.75) is 19.3 Å². The minimum Gasteiger partial charge on any atom is -0.380 e. The van der Waals surface area contributed by atoms with Gasteiger partial charge in [0.25, 0.3) is 0 Å². The fourth-order valence-electron chi connectivity index (χ4n) is 1.80. The summed E-state index contributed by atoms with van der Waals surface area (Å²) in [4.78, 5) is 4.54. The van der Waals surface area contributed by atoms with Crippen molar-refractivity contribution in [3.63, 3.8) is 0 Å². The van der Waals surface area contributed by atoms with Gasteiger partial charge in [0.15, 0.2) is 0 Å². The van der Waals surface area contributed by atoms with Crippen molar-refractivity contribution in [3.05, 3.63) is 27.6 Å². The molecule has 2 rings (SSSR count). The first-order chi connectivity index (χ1) is 8.26. The van der Waals surface area contributed by atoms with Crippen LogP contribution in [0.3, 0.4) is 0 Å². The highest BCUT2D eigenvalue weighted by Crippen LogP contribution is 2.20. The van der Waals surface area contributed by atoms with E-state index in [4.69, 9.17) is 16.3 Å². The van der Waals surface area contributed by atoms with Crippen LogP contribution in [0.1, 0.15) is 12.7 Å². The zero-order valence-corrected chi connectivity index (χ0v) is 12.5. The van der Waals surface area contributed by atoms with Gasteiger partial charge in [-0.1, -0.05) is 0 Å². The lowest BCUT2D eigenvalue weighted by atomic mass is 10.3. The number of ether oxygens (including phenoxy) is 1. The van der Waals surface area contributed by atoms with Crippen LogP contribution >= 0.6 is 34.2 Å². The van der Waals surface area contributed by atoms with Crippen LogP contribution in [0.15, 0.2) is 18.2 Å². The average molecular weight is 365 g/mol. The van der Waals surface area contributed by atoms with Crippen LogP contribution in [0.4, 0.5) is 0 Å². The summed E-state index contributed by atoms with van der Waals surface area (Å²) in [7, 11) is 0. The number of hydrogen-bond acceptors (Lipinski definition) is 2. The molecule has 0 aliphatic rings. The van der Waals surface area contributed by atoms with Crippen molar-refractivity contribution in [1.82, 2.24) is 9.55 Å². The van der Waals surface area contributed by atoms with E-state index in [9.17, 15) is 0 Å². The maximum atomic E-state index is 5.93. The summed E-state index contributed by atoms with van der Waals surface area (Å²) < 4.78 is 8.70. The molecular weight excluding hydrogens is 351 g/mol. The highest BCUT2D eigenvalue weighted by Gasteiger charge is 2.09. The summed E-state index contributed by atoms with van der Waals surface area (Å²) in [6.07, 6.45) is 0. The second-order valence-electron chi connectivity index (χ2n) is 3.64. The molecule has 0 aliphatic heterocycles. The molecule has 0 radical (unpaired) electrons. The van der Waals surface area contributed by atoms with Gasteiger partial charge >= 0.3 is 0 Å². The average Bonchev–Trinajstić information content (AvgIpc) is 2.67. The molecule has 0 bridgehead atoms. The number of halogens is 2. The van der Waals surface area contributed by atoms with Gasteiger partial charge in [0, 0.05) is 16.7 Å². The molecule has 3 nitrogen and oxygen atoms in total. The number of imidazole rings is 1. The first kappa shape index (κ1) is 13.1. The molecule has 1 aromatic carbocycles. The third-order valence-corrected chi connectivity index (χ3v) is 3.48. The number of fused-ring (bicyclic) bond motifs is 1. The lowest BCUT2D eigenvalue weighted by Gasteiger charge is -2.07. The lowest BCUT2D eigenvalue weighted by molar-refractivity contribution is 0.139. The third-order valence-electron chi connectivity index (χ3n) is 2.57. The Balaban J connectivity index is 2.36. The van der Waals surface area contributed by atoms with Crippen molar-refractivity contribution < 1.29 is 4.74 Å². The molecule has 0 atom stereocenters. The van der Waals surface area contributed by atoms with E-state index in [-0.39, 0.29) is 0 Å². The van der Waals surface area contributed by atoms with E-state index in [1.165, 1.54) is 3.57 Å². The van der Waals surface area contributed by atoms with Gasteiger partial charge in [0.1, 0.15) is 5.82 Å². The van der Waals surface area contributed by atoms with Crippen molar-refractivity contribution in [3.8, 4) is 0 Å². The van der Waals surface area contributed by atoms with Gasteiger partial charge in [0.05, 0.1) is 23.5 Å². The Kier molecular flexibility index (Phi) is 4.64. The molecule has 2 aromatic rings. The smallest absolute Gasteiger partial charge is 0.124 e. The molecule has 92 valence electrons. The van der Waals surface area contributed by atoms with Gasteiger partial charge in [-0.15, -0.1) is 11.6 Å². The Hall–Kier alpha value is -0.330. The number of nitrogens with zero attached hydrogens (tertiary/aromatic N) is 2. The van der Waals surface area contributed by atoms with Crippen LogP contribution in [0.5, 0.6) is 0 Å². The summed E-state index contributed by atoms with van der Waals surface area (Å²) in [6.45, 7) is 4.22. The van der Waals surface area contributed by atoms with Crippen LogP contribution in [0, 0.1) is 3.57 Å². The summed E-state index contributed by atoms with van der Waals surface area (Å²) in [5, 5.41) is 0. The lowest BCUT2D eigenvalue weighted by Crippen LogP contribution is -2.08. The van der Waals surface area contributed by atoms with Crippen LogP contribution in [-0.4, -0.2) is 22.8 Å².